The predicted molar refractivity (Wildman–Crippen MR) is 33.7 cm³/mol. The second-order valence-electron chi connectivity index (χ2n) is 1.38. The Kier molecular flexibility index (Phi) is 4.56. The molecule has 0 rings (SSSR count). The topological polar surface area (TPSA) is 38.3 Å². The largest absolute Gasteiger partial charge is 0.468 e. The molecule has 3 heteroatoms. The van der Waals surface area contributed by atoms with E-state index >= 15 is 0 Å². The summed E-state index contributed by atoms with van der Waals surface area (Å²) in [5, 5.41) is 2.68. The zero-order chi connectivity index (χ0) is 7.11. The van der Waals surface area contributed by atoms with Gasteiger partial charge in [0.15, 0.2) is 0 Å². The van der Waals surface area contributed by atoms with E-state index in [0.717, 1.165) is 0 Å². The van der Waals surface area contributed by atoms with E-state index in [9.17, 15) is 4.79 Å². The van der Waals surface area contributed by atoms with Gasteiger partial charge in [-0.3, -0.25) is 10.1 Å². The molecule has 0 aromatic heterocycles. The van der Waals surface area contributed by atoms with Crippen LogP contribution in [-0.4, -0.2) is 26.2 Å². The maximum absolute atomic E-state index is 10.3. The average molecular weight is 127 g/mol. The Morgan fingerprint density at radius 1 is 1.89 bits per heavy atom. The molecule has 0 aliphatic carbocycles. The quantitative estimate of drug-likeness (QED) is 0.312. The van der Waals surface area contributed by atoms with Crippen LogP contribution in [0.3, 0.4) is 0 Å². The van der Waals surface area contributed by atoms with E-state index in [4.69, 9.17) is 6.42 Å². The molecular weight excluding hydrogens is 118 g/mol. The summed E-state index contributed by atoms with van der Waals surface area (Å²) in [5.74, 6) is 2.03. The van der Waals surface area contributed by atoms with Crippen molar-refractivity contribution in [2.45, 2.75) is 0 Å². The van der Waals surface area contributed by atoms with Crippen LogP contribution in [0.25, 0.3) is 0 Å². The molecule has 0 spiro atoms. The molecule has 0 fully saturated rings. The molecule has 0 aromatic rings. The minimum Gasteiger partial charge on any atom is -0.468 e. The maximum Gasteiger partial charge on any atom is 0.319 e. The van der Waals surface area contributed by atoms with Crippen LogP contribution in [0.4, 0.5) is 0 Å². The molecule has 0 radical (unpaired) electrons. The normalized spacial score (nSPS) is 8.00. The SMILES string of the molecule is C#CCNCC(=O)OC. The Hall–Kier alpha value is -1.01. The minimum atomic E-state index is -0.301. The molecule has 0 saturated carbocycles. The van der Waals surface area contributed by atoms with Gasteiger partial charge in [-0.05, 0) is 0 Å². The minimum absolute atomic E-state index is 0.181. The smallest absolute Gasteiger partial charge is 0.319 e. The van der Waals surface area contributed by atoms with Gasteiger partial charge in [-0.1, -0.05) is 5.92 Å². The first kappa shape index (κ1) is 7.99. The molecule has 0 aromatic carbocycles. The predicted octanol–water partition coefficient (Wildman–Crippen LogP) is -0.618. The third-order valence-corrected chi connectivity index (χ3v) is 0.724. The van der Waals surface area contributed by atoms with Crippen LogP contribution < -0.4 is 5.32 Å². The van der Waals surface area contributed by atoms with Crippen LogP contribution in [0.15, 0.2) is 0 Å². The number of ether oxygens (including phenoxy) is 1. The molecule has 0 aliphatic rings. The summed E-state index contributed by atoms with van der Waals surface area (Å²) in [6.07, 6.45) is 4.89. The highest BCUT2D eigenvalue weighted by molar-refractivity contribution is 5.71. The summed E-state index contributed by atoms with van der Waals surface area (Å²) < 4.78 is 4.33. The van der Waals surface area contributed by atoms with Crippen molar-refractivity contribution in [3.8, 4) is 12.3 Å². The van der Waals surface area contributed by atoms with E-state index in [2.05, 4.69) is 16.0 Å². The maximum atomic E-state index is 10.3. The van der Waals surface area contributed by atoms with Crippen molar-refractivity contribution in [2.24, 2.45) is 0 Å². The van der Waals surface area contributed by atoms with Crippen LogP contribution >= 0.6 is 0 Å². The van der Waals surface area contributed by atoms with Gasteiger partial charge in [-0.15, -0.1) is 6.42 Å². The van der Waals surface area contributed by atoms with Crippen LogP contribution in [0.1, 0.15) is 0 Å². The highest BCUT2D eigenvalue weighted by Gasteiger charge is 1.94. The van der Waals surface area contributed by atoms with E-state index in [1.165, 1.54) is 7.11 Å². The fraction of sp³-hybridized carbons (Fsp3) is 0.500. The van der Waals surface area contributed by atoms with E-state index in [1.807, 2.05) is 0 Å². The van der Waals surface area contributed by atoms with Crippen molar-refractivity contribution >= 4 is 5.97 Å². The van der Waals surface area contributed by atoms with Gasteiger partial charge in [-0.25, -0.2) is 0 Å². The molecular formula is C6H9NO2. The lowest BCUT2D eigenvalue weighted by Crippen LogP contribution is -2.23. The Balaban J connectivity index is 3.09. The summed E-state index contributed by atoms with van der Waals surface area (Å²) in [6, 6.07) is 0. The molecule has 50 valence electrons. The molecule has 0 amide bonds. The van der Waals surface area contributed by atoms with Crippen molar-refractivity contribution in [1.82, 2.24) is 5.32 Å². The van der Waals surface area contributed by atoms with E-state index in [-0.39, 0.29) is 12.5 Å². The molecule has 0 atom stereocenters. The lowest BCUT2D eigenvalue weighted by atomic mass is 10.6. The Bertz CT molecular complexity index is 126. The van der Waals surface area contributed by atoms with E-state index in [0.29, 0.717) is 6.54 Å². The zero-order valence-corrected chi connectivity index (χ0v) is 5.31. The summed E-state index contributed by atoms with van der Waals surface area (Å²) in [7, 11) is 1.33. The number of esters is 1. The highest BCUT2D eigenvalue weighted by atomic mass is 16.5. The fourth-order valence-corrected chi connectivity index (χ4v) is 0.309. The van der Waals surface area contributed by atoms with Crippen molar-refractivity contribution < 1.29 is 9.53 Å². The van der Waals surface area contributed by atoms with Crippen LogP contribution in [0, 0.1) is 12.3 Å². The lowest BCUT2D eigenvalue weighted by Gasteiger charge is -1.96. The average Bonchev–Trinajstić information content (AvgIpc) is 1.89. The Labute approximate surface area is 54.4 Å². The van der Waals surface area contributed by atoms with Crippen molar-refractivity contribution in [3.05, 3.63) is 0 Å². The second kappa shape index (κ2) is 5.13. The molecule has 0 aliphatic heterocycles. The van der Waals surface area contributed by atoms with E-state index in [1.54, 1.807) is 0 Å². The molecule has 0 bridgehead atoms. The van der Waals surface area contributed by atoms with Gasteiger partial charge in [0.25, 0.3) is 0 Å². The number of carbonyl (C=O) groups is 1. The van der Waals surface area contributed by atoms with Gasteiger partial charge in [0, 0.05) is 0 Å². The lowest BCUT2D eigenvalue weighted by molar-refractivity contribution is -0.139. The molecule has 1 N–H and O–H groups in total. The van der Waals surface area contributed by atoms with Crippen LogP contribution in [0.5, 0.6) is 0 Å². The van der Waals surface area contributed by atoms with Gasteiger partial charge >= 0.3 is 5.97 Å². The van der Waals surface area contributed by atoms with Gasteiger partial charge in [-0.2, -0.15) is 0 Å². The molecule has 0 heterocycles. The molecule has 0 saturated heterocycles. The summed E-state index contributed by atoms with van der Waals surface area (Å²) >= 11 is 0. The fourth-order valence-electron chi connectivity index (χ4n) is 0.309. The van der Waals surface area contributed by atoms with Gasteiger partial charge < -0.3 is 4.74 Å². The highest BCUT2D eigenvalue weighted by Crippen LogP contribution is 1.67. The van der Waals surface area contributed by atoms with Crippen molar-refractivity contribution in [2.75, 3.05) is 20.2 Å². The molecule has 3 nitrogen and oxygen atoms in total. The number of methoxy groups -OCH3 is 1. The van der Waals surface area contributed by atoms with Crippen LogP contribution in [-0.2, 0) is 9.53 Å². The number of nitrogens with one attached hydrogen (secondary N) is 1. The standard InChI is InChI=1S/C6H9NO2/c1-3-4-7-5-6(8)9-2/h1,7H,4-5H2,2H3. The summed E-state index contributed by atoms with van der Waals surface area (Å²) in [4.78, 5) is 10.3. The number of terminal acetylenes is 1. The first-order valence-corrected chi connectivity index (χ1v) is 2.52. The third kappa shape index (κ3) is 4.85. The Morgan fingerprint density at radius 3 is 3.00 bits per heavy atom. The first-order valence-electron chi connectivity index (χ1n) is 2.52. The molecule has 9 heavy (non-hydrogen) atoms. The number of rotatable bonds is 3. The second-order valence-corrected chi connectivity index (χ2v) is 1.38. The van der Waals surface area contributed by atoms with Crippen LogP contribution in [0.2, 0.25) is 0 Å². The third-order valence-electron chi connectivity index (χ3n) is 0.724. The number of hydrogen-bond acceptors (Lipinski definition) is 3. The molecule has 0 unspecified atom stereocenters. The summed E-state index contributed by atoms with van der Waals surface area (Å²) in [6.45, 7) is 0.579. The van der Waals surface area contributed by atoms with Gasteiger partial charge in [0.2, 0.25) is 0 Å². The summed E-state index contributed by atoms with van der Waals surface area (Å²) in [5.41, 5.74) is 0. The monoisotopic (exact) mass is 127 g/mol. The number of carbonyl (C=O) groups excluding carboxylic acids is 1. The number of hydrogen-bond donors (Lipinski definition) is 1. The van der Waals surface area contributed by atoms with Crippen molar-refractivity contribution in [1.29, 1.82) is 0 Å². The Morgan fingerprint density at radius 2 is 2.56 bits per heavy atom. The van der Waals surface area contributed by atoms with Gasteiger partial charge in [0.05, 0.1) is 20.2 Å². The zero-order valence-electron chi connectivity index (χ0n) is 5.31. The van der Waals surface area contributed by atoms with Crippen molar-refractivity contribution in [3.63, 3.8) is 0 Å². The van der Waals surface area contributed by atoms with E-state index < -0.39 is 0 Å². The first-order chi connectivity index (χ1) is 4.31. The van der Waals surface area contributed by atoms with Gasteiger partial charge in [0.1, 0.15) is 0 Å².